The summed E-state index contributed by atoms with van der Waals surface area (Å²) < 4.78 is 0. The van der Waals surface area contributed by atoms with E-state index >= 15 is 0 Å². The van der Waals surface area contributed by atoms with E-state index in [0.29, 0.717) is 6.04 Å². The standard InChI is InChI=1S/C20H25N/c1-5-18-15(3)21(17-9-7-6-8-10-17)16(4)20-13-14(2)11-12-19(18)20/h5,11-13,17H,1,4,6-10H2,2-3H3. The van der Waals surface area contributed by atoms with Crippen molar-refractivity contribution < 1.29 is 0 Å². The van der Waals surface area contributed by atoms with Gasteiger partial charge in [-0.1, -0.05) is 56.2 Å². The first-order valence-electron chi connectivity index (χ1n) is 8.06. The number of aryl methyl sites for hydroxylation is 1. The van der Waals surface area contributed by atoms with Gasteiger partial charge in [-0.05, 0) is 38.3 Å². The monoisotopic (exact) mass is 279 g/mol. The summed E-state index contributed by atoms with van der Waals surface area (Å²) in [4.78, 5) is 2.48. The fourth-order valence-corrected chi connectivity index (χ4v) is 3.88. The van der Waals surface area contributed by atoms with Crippen LogP contribution in [0.25, 0.3) is 11.3 Å². The van der Waals surface area contributed by atoms with Crippen LogP contribution in [-0.4, -0.2) is 10.9 Å². The van der Waals surface area contributed by atoms with E-state index in [0.717, 1.165) is 0 Å². The van der Waals surface area contributed by atoms with Crippen LogP contribution in [0.5, 0.6) is 0 Å². The van der Waals surface area contributed by atoms with Crippen LogP contribution in [0.15, 0.2) is 43.1 Å². The number of hydrogen-bond donors (Lipinski definition) is 0. The first-order valence-corrected chi connectivity index (χ1v) is 8.06. The maximum Gasteiger partial charge on any atom is 0.0417 e. The lowest BCUT2D eigenvalue weighted by Crippen LogP contribution is -2.36. The number of rotatable bonds is 2. The first kappa shape index (κ1) is 14.2. The minimum absolute atomic E-state index is 0.606. The van der Waals surface area contributed by atoms with Gasteiger partial charge in [-0.3, -0.25) is 0 Å². The molecule has 1 heterocycles. The van der Waals surface area contributed by atoms with Crippen molar-refractivity contribution in [3.8, 4) is 0 Å². The van der Waals surface area contributed by atoms with Gasteiger partial charge in [0.2, 0.25) is 0 Å². The van der Waals surface area contributed by atoms with Gasteiger partial charge in [-0.15, -0.1) is 0 Å². The van der Waals surface area contributed by atoms with Gasteiger partial charge in [0.15, 0.2) is 0 Å². The van der Waals surface area contributed by atoms with Crippen molar-refractivity contribution in [3.63, 3.8) is 0 Å². The van der Waals surface area contributed by atoms with E-state index in [1.165, 1.54) is 65.8 Å². The SMILES string of the molecule is C=CC1=C(C)N(C2CCCCC2)C(=C)c2cc(C)ccc21. The Balaban J connectivity index is 2.11. The lowest BCUT2D eigenvalue weighted by atomic mass is 9.86. The van der Waals surface area contributed by atoms with Gasteiger partial charge >= 0.3 is 0 Å². The summed E-state index contributed by atoms with van der Waals surface area (Å²) in [6.45, 7) is 12.8. The number of hydrogen-bond acceptors (Lipinski definition) is 1. The van der Waals surface area contributed by atoms with Gasteiger partial charge in [-0.25, -0.2) is 0 Å². The van der Waals surface area contributed by atoms with Crippen LogP contribution in [0.3, 0.4) is 0 Å². The molecule has 1 aromatic rings. The number of allylic oxidation sites excluding steroid dienone is 3. The van der Waals surface area contributed by atoms with E-state index in [-0.39, 0.29) is 0 Å². The molecule has 1 aliphatic heterocycles. The van der Waals surface area contributed by atoms with Crippen LogP contribution in [0, 0.1) is 6.92 Å². The van der Waals surface area contributed by atoms with E-state index in [1.807, 2.05) is 6.08 Å². The zero-order valence-corrected chi connectivity index (χ0v) is 13.3. The molecule has 21 heavy (non-hydrogen) atoms. The molecule has 0 spiro atoms. The molecule has 0 atom stereocenters. The fraction of sp³-hybridized carbons (Fsp3) is 0.400. The predicted molar refractivity (Wildman–Crippen MR) is 91.7 cm³/mol. The Kier molecular flexibility index (Phi) is 3.75. The zero-order chi connectivity index (χ0) is 15.0. The molecule has 1 fully saturated rings. The summed E-state index contributed by atoms with van der Waals surface area (Å²) >= 11 is 0. The summed E-state index contributed by atoms with van der Waals surface area (Å²) in [5.41, 5.74) is 7.61. The molecule has 0 amide bonds. The third-order valence-corrected chi connectivity index (χ3v) is 4.96. The summed E-state index contributed by atoms with van der Waals surface area (Å²) in [6.07, 6.45) is 8.62. The Hall–Kier alpha value is -1.76. The lowest BCUT2D eigenvalue weighted by Gasteiger charge is -2.42. The van der Waals surface area contributed by atoms with Crippen molar-refractivity contribution in [2.24, 2.45) is 0 Å². The third-order valence-electron chi connectivity index (χ3n) is 4.96. The van der Waals surface area contributed by atoms with Gasteiger partial charge in [0.05, 0.1) is 0 Å². The third kappa shape index (κ3) is 2.35. The molecule has 0 bridgehead atoms. The molecule has 1 saturated carbocycles. The van der Waals surface area contributed by atoms with Crippen LogP contribution in [0.2, 0.25) is 0 Å². The topological polar surface area (TPSA) is 3.24 Å². The first-order chi connectivity index (χ1) is 10.1. The summed E-state index contributed by atoms with van der Waals surface area (Å²) in [5.74, 6) is 0. The number of benzene rings is 1. The van der Waals surface area contributed by atoms with Crippen molar-refractivity contribution in [1.29, 1.82) is 0 Å². The molecule has 0 unspecified atom stereocenters. The molecule has 0 aromatic heterocycles. The molecule has 1 heteroatoms. The second kappa shape index (κ2) is 5.55. The Labute approximate surface area is 128 Å². The van der Waals surface area contributed by atoms with Crippen LogP contribution < -0.4 is 0 Å². The van der Waals surface area contributed by atoms with Crippen molar-refractivity contribution in [1.82, 2.24) is 4.90 Å². The molecule has 1 nitrogen and oxygen atoms in total. The second-order valence-electron chi connectivity index (χ2n) is 6.36. The lowest BCUT2D eigenvalue weighted by molar-refractivity contribution is 0.273. The highest BCUT2D eigenvalue weighted by Gasteiger charge is 2.30. The average Bonchev–Trinajstić information content (AvgIpc) is 2.50. The minimum Gasteiger partial charge on any atom is -0.342 e. The molecular formula is C20H25N. The smallest absolute Gasteiger partial charge is 0.0417 e. The largest absolute Gasteiger partial charge is 0.342 e. The molecular weight excluding hydrogens is 254 g/mol. The Morgan fingerprint density at radius 3 is 2.48 bits per heavy atom. The Bertz CT molecular complexity index is 615. The van der Waals surface area contributed by atoms with E-state index < -0.39 is 0 Å². The highest BCUT2D eigenvalue weighted by molar-refractivity contribution is 5.89. The Morgan fingerprint density at radius 1 is 1.10 bits per heavy atom. The number of nitrogens with zero attached hydrogens (tertiary/aromatic N) is 1. The van der Waals surface area contributed by atoms with E-state index in [1.54, 1.807) is 0 Å². The summed E-state index contributed by atoms with van der Waals surface area (Å²) in [7, 11) is 0. The van der Waals surface area contributed by atoms with Crippen molar-refractivity contribution in [2.45, 2.75) is 52.0 Å². The fourth-order valence-electron chi connectivity index (χ4n) is 3.88. The van der Waals surface area contributed by atoms with Crippen molar-refractivity contribution in [3.05, 3.63) is 59.8 Å². The molecule has 2 aliphatic rings. The summed E-state index contributed by atoms with van der Waals surface area (Å²) in [5, 5.41) is 0. The summed E-state index contributed by atoms with van der Waals surface area (Å²) in [6, 6.07) is 7.27. The van der Waals surface area contributed by atoms with E-state index in [9.17, 15) is 0 Å². The van der Waals surface area contributed by atoms with Crippen LogP contribution >= 0.6 is 0 Å². The molecule has 1 aliphatic carbocycles. The zero-order valence-electron chi connectivity index (χ0n) is 13.3. The molecule has 0 N–H and O–H groups in total. The second-order valence-corrected chi connectivity index (χ2v) is 6.36. The van der Waals surface area contributed by atoms with Crippen molar-refractivity contribution >= 4 is 11.3 Å². The van der Waals surface area contributed by atoms with Gasteiger partial charge in [0, 0.05) is 28.6 Å². The highest BCUT2D eigenvalue weighted by Crippen LogP contribution is 2.42. The molecule has 0 saturated heterocycles. The van der Waals surface area contributed by atoms with Gasteiger partial charge in [0.1, 0.15) is 0 Å². The van der Waals surface area contributed by atoms with E-state index in [2.05, 4.69) is 50.1 Å². The van der Waals surface area contributed by atoms with Gasteiger partial charge in [-0.2, -0.15) is 0 Å². The quantitative estimate of drug-likeness (QED) is 0.688. The maximum absolute atomic E-state index is 4.43. The van der Waals surface area contributed by atoms with Crippen molar-refractivity contribution in [2.75, 3.05) is 0 Å². The number of fused-ring (bicyclic) bond motifs is 1. The van der Waals surface area contributed by atoms with Gasteiger partial charge in [0.25, 0.3) is 0 Å². The van der Waals surface area contributed by atoms with Crippen LogP contribution in [-0.2, 0) is 0 Å². The molecule has 110 valence electrons. The predicted octanol–water partition coefficient (Wildman–Crippen LogP) is 5.53. The Morgan fingerprint density at radius 2 is 1.81 bits per heavy atom. The maximum atomic E-state index is 4.43. The highest BCUT2D eigenvalue weighted by atomic mass is 15.2. The molecule has 1 aromatic carbocycles. The van der Waals surface area contributed by atoms with Crippen LogP contribution in [0.4, 0.5) is 0 Å². The van der Waals surface area contributed by atoms with Crippen LogP contribution in [0.1, 0.15) is 55.7 Å². The molecule has 3 rings (SSSR count). The van der Waals surface area contributed by atoms with Gasteiger partial charge < -0.3 is 4.90 Å². The normalized spacial score (nSPS) is 19.7. The average molecular weight is 279 g/mol. The van der Waals surface area contributed by atoms with E-state index in [4.69, 9.17) is 0 Å². The molecule has 0 radical (unpaired) electrons. The minimum atomic E-state index is 0.606.